The lowest BCUT2D eigenvalue weighted by atomic mass is 10.3. The van der Waals surface area contributed by atoms with Crippen LogP contribution in [-0.4, -0.2) is 24.7 Å². The van der Waals surface area contributed by atoms with Gasteiger partial charge in [0.25, 0.3) is 5.89 Å². The Labute approximate surface area is 126 Å². The summed E-state index contributed by atoms with van der Waals surface area (Å²) in [6, 6.07) is 11.7. The van der Waals surface area contributed by atoms with Gasteiger partial charge >= 0.3 is 0 Å². The van der Waals surface area contributed by atoms with E-state index in [0.29, 0.717) is 18.3 Å². The molecule has 0 saturated heterocycles. The van der Waals surface area contributed by atoms with E-state index >= 15 is 0 Å². The van der Waals surface area contributed by atoms with Crippen LogP contribution in [0.25, 0.3) is 22.5 Å². The van der Waals surface area contributed by atoms with Crippen LogP contribution in [0, 0.1) is 6.92 Å². The zero-order valence-electron chi connectivity index (χ0n) is 12.0. The van der Waals surface area contributed by atoms with Crippen molar-refractivity contribution in [3.8, 4) is 11.5 Å². The lowest BCUT2D eigenvalue weighted by Gasteiger charge is -2.02. The van der Waals surface area contributed by atoms with Gasteiger partial charge in [-0.05, 0) is 31.2 Å². The first kappa shape index (κ1) is 12.7. The molecule has 0 N–H and O–H groups in total. The van der Waals surface area contributed by atoms with Crippen LogP contribution >= 0.6 is 0 Å². The number of hydrogen-bond acceptors (Lipinski definition) is 5. The summed E-state index contributed by atoms with van der Waals surface area (Å²) >= 11 is 0. The number of benzene rings is 1. The lowest BCUT2D eigenvalue weighted by Crippen LogP contribution is -2.03. The van der Waals surface area contributed by atoms with Crippen LogP contribution in [-0.2, 0) is 6.54 Å². The summed E-state index contributed by atoms with van der Waals surface area (Å²) in [7, 11) is 0. The molecule has 3 heterocycles. The molecule has 108 valence electrons. The highest BCUT2D eigenvalue weighted by atomic mass is 16.5. The standard InChI is InChI=1S/C16H13N5O/c1-11-18-13-6-2-3-7-14(13)21(11)10-15-19-16(22-20-15)12-5-4-8-17-9-12/h2-9H,10H2,1H3. The Kier molecular flexibility index (Phi) is 2.93. The van der Waals surface area contributed by atoms with Crippen LogP contribution in [0.1, 0.15) is 11.6 Å². The Bertz CT molecular complexity index is 926. The van der Waals surface area contributed by atoms with E-state index in [1.54, 1.807) is 12.4 Å². The summed E-state index contributed by atoms with van der Waals surface area (Å²) < 4.78 is 7.39. The van der Waals surface area contributed by atoms with Crippen LogP contribution in [0.4, 0.5) is 0 Å². The first-order valence-electron chi connectivity index (χ1n) is 6.96. The van der Waals surface area contributed by atoms with E-state index in [4.69, 9.17) is 4.52 Å². The van der Waals surface area contributed by atoms with E-state index in [-0.39, 0.29) is 0 Å². The number of pyridine rings is 1. The monoisotopic (exact) mass is 291 g/mol. The largest absolute Gasteiger partial charge is 0.334 e. The van der Waals surface area contributed by atoms with Crippen molar-refractivity contribution in [3.63, 3.8) is 0 Å². The fourth-order valence-corrected chi connectivity index (χ4v) is 2.46. The molecule has 0 atom stereocenters. The van der Waals surface area contributed by atoms with Crippen LogP contribution in [0.15, 0.2) is 53.3 Å². The van der Waals surface area contributed by atoms with Crippen molar-refractivity contribution >= 4 is 11.0 Å². The highest BCUT2D eigenvalue weighted by Gasteiger charge is 2.12. The molecule has 4 rings (SSSR count). The van der Waals surface area contributed by atoms with Gasteiger partial charge in [0.15, 0.2) is 5.82 Å². The Balaban J connectivity index is 1.69. The third kappa shape index (κ3) is 2.14. The number of rotatable bonds is 3. The van der Waals surface area contributed by atoms with Gasteiger partial charge in [0.1, 0.15) is 5.82 Å². The van der Waals surface area contributed by atoms with Gasteiger partial charge in [-0.2, -0.15) is 4.98 Å². The molecule has 0 aliphatic rings. The zero-order chi connectivity index (χ0) is 14.9. The molecule has 0 bridgehead atoms. The number of hydrogen-bond donors (Lipinski definition) is 0. The summed E-state index contributed by atoms with van der Waals surface area (Å²) in [5.74, 6) is 2.02. The zero-order valence-corrected chi connectivity index (χ0v) is 12.0. The Morgan fingerprint density at radius 3 is 2.86 bits per heavy atom. The van der Waals surface area contributed by atoms with Crippen LogP contribution in [0.5, 0.6) is 0 Å². The SMILES string of the molecule is Cc1nc2ccccc2n1Cc1noc(-c2cccnc2)n1. The number of para-hydroxylation sites is 2. The number of aryl methyl sites for hydroxylation is 1. The van der Waals surface area contributed by atoms with Gasteiger partial charge in [0.2, 0.25) is 0 Å². The lowest BCUT2D eigenvalue weighted by molar-refractivity contribution is 0.420. The molecule has 4 aromatic rings. The van der Waals surface area contributed by atoms with Gasteiger partial charge in [-0.3, -0.25) is 4.98 Å². The molecule has 0 saturated carbocycles. The van der Waals surface area contributed by atoms with E-state index in [9.17, 15) is 0 Å². The van der Waals surface area contributed by atoms with Crippen molar-refractivity contribution in [1.29, 1.82) is 0 Å². The molecule has 0 aliphatic carbocycles. The molecule has 0 fully saturated rings. The topological polar surface area (TPSA) is 69.6 Å². The van der Waals surface area contributed by atoms with E-state index in [1.807, 2.05) is 43.3 Å². The molecule has 1 aromatic carbocycles. The second kappa shape index (κ2) is 5.07. The second-order valence-corrected chi connectivity index (χ2v) is 4.99. The van der Waals surface area contributed by atoms with Crippen molar-refractivity contribution in [3.05, 3.63) is 60.4 Å². The smallest absolute Gasteiger partial charge is 0.259 e. The Morgan fingerprint density at radius 2 is 2.00 bits per heavy atom. The maximum Gasteiger partial charge on any atom is 0.259 e. The van der Waals surface area contributed by atoms with E-state index in [0.717, 1.165) is 22.4 Å². The number of nitrogens with zero attached hydrogens (tertiary/aromatic N) is 5. The minimum atomic E-state index is 0.477. The van der Waals surface area contributed by atoms with Gasteiger partial charge in [-0.1, -0.05) is 17.3 Å². The average Bonchev–Trinajstić information content (AvgIpc) is 3.14. The second-order valence-electron chi connectivity index (χ2n) is 4.99. The van der Waals surface area contributed by atoms with Crippen LogP contribution < -0.4 is 0 Å². The first-order chi connectivity index (χ1) is 10.8. The number of fused-ring (bicyclic) bond motifs is 1. The molecular weight excluding hydrogens is 278 g/mol. The third-order valence-electron chi connectivity index (χ3n) is 3.52. The third-order valence-corrected chi connectivity index (χ3v) is 3.52. The summed E-state index contributed by atoms with van der Waals surface area (Å²) in [6.45, 7) is 2.50. The van der Waals surface area contributed by atoms with Crippen LogP contribution in [0.2, 0.25) is 0 Å². The van der Waals surface area contributed by atoms with E-state index in [1.165, 1.54) is 0 Å². The quantitative estimate of drug-likeness (QED) is 0.580. The first-order valence-corrected chi connectivity index (χ1v) is 6.96. The number of imidazole rings is 1. The Hall–Kier alpha value is -3.02. The van der Waals surface area contributed by atoms with Gasteiger partial charge in [-0.25, -0.2) is 4.98 Å². The van der Waals surface area contributed by atoms with Crippen molar-refractivity contribution in [2.24, 2.45) is 0 Å². The van der Waals surface area contributed by atoms with Gasteiger partial charge < -0.3 is 9.09 Å². The minimum absolute atomic E-state index is 0.477. The molecule has 6 heteroatoms. The predicted octanol–water partition coefficient (Wildman–Crippen LogP) is 2.84. The van der Waals surface area contributed by atoms with Crippen molar-refractivity contribution in [2.75, 3.05) is 0 Å². The molecule has 22 heavy (non-hydrogen) atoms. The molecule has 0 radical (unpaired) electrons. The molecule has 3 aromatic heterocycles. The van der Waals surface area contributed by atoms with Crippen molar-refractivity contribution < 1.29 is 4.52 Å². The molecule has 0 aliphatic heterocycles. The normalized spacial score (nSPS) is 11.1. The number of aromatic nitrogens is 5. The molecular formula is C16H13N5O. The minimum Gasteiger partial charge on any atom is -0.334 e. The maximum absolute atomic E-state index is 5.32. The molecule has 0 amide bonds. The van der Waals surface area contributed by atoms with Gasteiger partial charge in [-0.15, -0.1) is 0 Å². The summed E-state index contributed by atoms with van der Waals surface area (Å²) in [6.07, 6.45) is 3.41. The van der Waals surface area contributed by atoms with Gasteiger partial charge in [0, 0.05) is 12.4 Å². The predicted molar refractivity (Wildman–Crippen MR) is 81.1 cm³/mol. The summed E-state index contributed by atoms with van der Waals surface area (Å²) in [5, 5.41) is 4.05. The van der Waals surface area contributed by atoms with E-state index in [2.05, 4.69) is 24.7 Å². The summed E-state index contributed by atoms with van der Waals surface area (Å²) in [5.41, 5.74) is 2.84. The average molecular weight is 291 g/mol. The van der Waals surface area contributed by atoms with Gasteiger partial charge in [0.05, 0.1) is 23.1 Å². The summed E-state index contributed by atoms with van der Waals surface area (Å²) in [4.78, 5) is 13.0. The van der Waals surface area contributed by atoms with Crippen LogP contribution in [0.3, 0.4) is 0 Å². The van der Waals surface area contributed by atoms with E-state index < -0.39 is 0 Å². The highest BCUT2D eigenvalue weighted by Crippen LogP contribution is 2.19. The Morgan fingerprint density at radius 1 is 1.09 bits per heavy atom. The van der Waals surface area contributed by atoms with Crippen molar-refractivity contribution in [2.45, 2.75) is 13.5 Å². The fourth-order valence-electron chi connectivity index (χ4n) is 2.46. The molecule has 0 unspecified atom stereocenters. The molecule has 0 spiro atoms. The molecule has 6 nitrogen and oxygen atoms in total. The highest BCUT2D eigenvalue weighted by molar-refractivity contribution is 5.75. The fraction of sp³-hybridized carbons (Fsp3) is 0.125. The maximum atomic E-state index is 5.32. The van der Waals surface area contributed by atoms with Crippen molar-refractivity contribution in [1.82, 2.24) is 24.7 Å².